The molecule has 0 saturated heterocycles. The van der Waals surface area contributed by atoms with Gasteiger partial charge in [0.2, 0.25) is 0 Å². The maximum absolute atomic E-state index is 5.94. The summed E-state index contributed by atoms with van der Waals surface area (Å²) in [6, 6.07) is 0. The van der Waals surface area contributed by atoms with Crippen molar-refractivity contribution in [3.05, 3.63) is 33.9 Å². The van der Waals surface area contributed by atoms with Gasteiger partial charge in [-0.3, -0.25) is 4.98 Å². The predicted octanol–water partition coefficient (Wildman–Crippen LogP) is 2.09. The van der Waals surface area contributed by atoms with Crippen LogP contribution in [0.25, 0.3) is 0 Å². The van der Waals surface area contributed by atoms with E-state index in [1.807, 2.05) is 13.8 Å². The molecule has 1 radical (unpaired) electrons. The van der Waals surface area contributed by atoms with Crippen LogP contribution >= 0.6 is 11.6 Å². The van der Waals surface area contributed by atoms with Crippen molar-refractivity contribution >= 4 is 11.6 Å². The molecule has 1 aliphatic carbocycles. The van der Waals surface area contributed by atoms with Crippen LogP contribution in [0, 0.1) is 13.0 Å². The molecule has 2 rings (SSSR count). The molecule has 0 N–H and O–H groups in total. The molecule has 1 aliphatic rings. The van der Waals surface area contributed by atoms with Crippen molar-refractivity contribution in [1.82, 2.24) is 9.97 Å². The fourth-order valence-corrected chi connectivity index (χ4v) is 1.61. The van der Waals surface area contributed by atoms with Crippen LogP contribution in [0.3, 0.4) is 0 Å². The second kappa shape index (κ2) is 4.16. The monoisotopic (exact) mass is 268 g/mol. The van der Waals surface area contributed by atoms with Crippen LogP contribution in [0.4, 0.5) is 0 Å². The number of fused-ring (bicyclic) bond motifs is 1. The Hall–Kier alpha value is 0.214. The Morgan fingerprint density at radius 1 is 1.31 bits per heavy atom. The number of aromatic nitrogens is 2. The number of allylic oxidation sites excluding steroid dienone is 1. The van der Waals surface area contributed by atoms with E-state index < -0.39 is 0 Å². The summed E-state index contributed by atoms with van der Waals surface area (Å²) in [5.74, 6) is 0.709. The van der Waals surface area contributed by atoms with Gasteiger partial charge >= 0.3 is 0 Å². The van der Waals surface area contributed by atoms with Gasteiger partial charge in [-0.15, -0.1) is 5.56 Å². The van der Waals surface area contributed by atoms with Crippen LogP contribution in [0.5, 0.6) is 0 Å². The summed E-state index contributed by atoms with van der Waals surface area (Å²) in [5, 5.41) is 0.571. The Morgan fingerprint density at radius 2 is 2.00 bits per heavy atom. The average Bonchev–Trinajstić information content (AvgIpc) is 2.29. The zero-order valence-corrected chi connectivity index (χ0v) is 11.2. The summed E-state index contributed by atoms with van der Waals surface area (Å²) >= 11 is 5.94. The quantitative estimate of drug-likeness (QED) is 0.532. The Balaban J connectivity index is 0.000000845. The largest absolute Gasteiger partial charge is 0.273 e. The van der Waals surface area contributed by atoms with E-state index in [0.717, 1.165) is 17.7 Å². The van der Waals surface area contributed by atoms with Crippen molar-refractivity contribution in [2.24, 2.45) is 0 Å². The van der Waals surface area contributed by atoms with E-state index in [2.05, 4.69) is 16.0 Å². The molecule has 0 bridgehead atoms. The van der Waals surface area contributed by atoms with Crippen LogP contribution in [0.2, 0.25) is 5.15 Å². The van der Waals surface area contributed by atoms with Gasteiger partial charge in [0.1, 0.15) is 5.82 Å². The molecule has 0 aromatic carbocycles. The number of hydrogen-bond donors (Lipinski definition) is 0. The van der Waals surface area contributed by atoms with Gasteiger partial charge in [-0.05, 0) is 6.92 Å². The van der Waals surface area contributed by atoms with Crippen LogP contribution in [0.1, 0.15) is 24.0 Å². The molecule has 0 fully saturated rings. The summed E-state index contributed by atoms with van der Waals surface area (Å²) in [7, 11) is 0. The second-order valence-electron chi connectivity index (χ2n) is 2.97. The van der Waals surface area contributed by atoms with E-state index in [0.29, 0.717) is 11.0 Å². The molecular weight excluding hydrogens is 260 g/mol. The SMILES string of the molecule is CC1=[C-]c2nc(C)nc(Cl)c2C1.[Y]. The molecule has 0 unspecified atom stereocenters. The molecule has 0 spiro atoms. The van der Waals surface area contributed by atoms with Gasteiger partial charge in [-0.25, -0.2) is 11.1 Å². The first kappa shape index (κ1) is 11.3. The fraction of sp³-hybridized carbons (Fsp3) is 0.333. The molecule has 0 amide bonds. The summed E-state index contributed by atoms with van der Waals surface area (Å²) in [5.41, 5.74) is 3.05. The van der Waals surface area contributed by atoms with E-state index >= 15 is 0 Å². The van der Waals surface area contributed by atoms with Crippen LogP contribution in [-0.4, -0.2) is 9.97 Å². The summed E-state index contributed by atoms with van der Waals surface area (Å²) < 4.78 is 0. The third kappa shape index (κ3) is 2.17. The van der Waals surface area contributed by atoms with Gasteiger partial charge in [0.25, 0.3) is 0 Å². The van der Waals surface area contributed by atoms with Crippen molar-refractivity contribution in [2.75, 3.05) is 0 Å². The van der Waals surface area contributed by atoms with E-state index in [9.17, 15) is 0 Å². The van der Waals surface area contributed by atoms with Gasteiger partial charge in [0, 0.05) is 32.7 Å². The third-order valence-corrected chi connectivity index (χ3v) is 2.15. The van der Waals surface area contributed by atoms with Crippen LogP contribution < -0.4 is 0 Å². The van der Waals surface area contributed by atoms with Crippen LogP contribution in [-0.2, 0) is 39.1 Å². The van der Waals surface area contributed by atoms with Gasteiger partial charge in [0.15, 0.2) is 0 Å². The molecular formula is C9H8ClN2Y-. The zero-order valence-electron chi connectivity index (χ0n) is 7.56. The van der Waals surface area contributed by atoms with Gasteiger partial charge < -0.3 is 0 Å². The molecule has 1 aromatic rings. The average molecular weight is 269 g/mol. The number of hydrogen-bond acceptors (Lipinski definition) is 2. The first-order chi connectivity index (χ1) is 5.66. The third-order valence-electron chi connectivity index (χ3n) is 1.84. The molecule has 2 nitrogen and oxygen atoms in total. The maximum atomic E-state index is 5.94. The van der Waals surface area contributed by atoms with Crippen molar-refractivity contribution < 1.29 is 32.7 Å². The van der Waals surface area contributed by atoms with E-state index in [1.165, 1.54) is 5.57 Å². The normalized spacial score (nSPS) is 13.3. The van der Waals surface area contributed by atoms with E-state index in [-0.39, 0.29) is 32.7 Å². The van der Waals surface area contributed by atoms with Crippen molar-refractivity contribution in [1.29, 1.82) is 0 Å². The standard InChI is InChI=1S/C9H8ClN2.Y/c1-5-3-7-8(4-5)11-6(2)12-9(7)10;/h3H2,1-2H3;/q-1;. The molecule has 1 aromatic heterocycles. The number of aryl methyl sites for hydroxylation is 1. The Morgan fingerprint density at radius 3 is 2.69 bits per heavy atom. The Bertz CT molecular complexity index is 374. The van der Waals surface area contributed by atoms with Crippen molar-refractivity contribution in [2.45, 2.75) is 20.3 Å². The first-order valence-corrected chi connectivity index (χ1v) is 4.17. The molecule has 0 atom stereocenters. The van der Waals surface area contributed by atoms with Crippen molar-refractivity contribution in [3.63, 3.8) is 0 Å². The minimum absolute atomic E-state index is 0. The number of nitrogens with zero attached hydrogens (tertiary/aromatic N) is 2. The molecule has 0 saturated carbocycles. The Labute approximate surface area is 108 Å². The molecule has 65 valence electrons. The molecule has 4 heteroatoms. The van der Waals surface area contributed by atoms with Gasteiger partial charge in [-0.1, -0.05) is 30.6 Å². The van der Waals surface area contributed by atoms with Crippen molar-refractivity contribution in [3.8, 4) is 0 Å². The predicted molar refractivity (Wildman–Crippen MR) is 47.0 cm³/mol. The van der Waals surface area contributed by atoms with E-state index in [1.54, 1.807) is 0 Å². The maximum Gasteiger partial charge on any atom is 0.122 e. The fourth-order valence-electron chi connectivity index (χ4n) is 1.33. The van der Waals surface area contributed by atoms with Crippen LogP contribution in [0.15, 0.2) is 5.57 Å². The topological polar surface area (TPSA) is 25.8 Å². The summed E-state index contributed by atoms with van der Waals surface area (Å²) in [4.78, 5) is 8.32. The second-order valence-corrected chi connectivity index (χ2v) is 3.33. The molecule has 1 heterocycles. The first-order valence-electron chi connectivity index (χ1n) is 3.79. The smallest absolute Gasteiger partial charge is 0.122 e. The summed E-state index contributed by atoms with van der Waals surface area (Å²) in [6.07, 6.45) is 4.00. The van der Waals surface area contributed by atoms with Gasteiger partial charge in [0.05, 0.1) is 5.15 Å². The van der Waals surface area contributed by atoms with E-state index in [4.69, 9.17) is 11.6 Å². The number of halogens is 1. The zero-order chi connectivity index (χ0) is 8.72. The number of rotatable bonds is 0. The molecule has 0 aliphatic heterocycles. The molecule has 13 heavy (non-hydrogen) atoms. The summed E-state index contributed by atoms with van der Waals surface area (Å²) in [6.45, 7) is 3.86. The van der Waals surface area contributed by atoms with Gasteiger partial charge in [-0.2, -0.15) is 5.57 Å². The minimum atomic E-state index is 0. The minimum Gasteiger partial charge on any atom is -0.273 e. The Kier molecular flexibility index (Phi) is 3.61.